The Bertz CT molecular complexity index is 988. The van der Waals surface area contributed by atoms with E-state index in [1.807, 2.05) is 42.0 Å². The topological polar surface area (TPSA) is 102 Å². The Morgan fingerprint density at radius 1 is 1.25 bits per heavy atom. The number of benzene rings is 1. The number of nitrogens with one attached hydrogen (secondary N) is 1. The highest BCUT2D eigenvalue weighted by atomic mass is 35.5. The molecule has 4 rings (SSSR count). The molecule has 3 heterocycles. The number of amides is 1. The molecule has 1 fully saturated rings. The van der Waals surface area contributed by atoms with Gasteiger partial charge in [-0.15, -0.1) is 0 Å². The average Bonchev–Trinajstić information content (AvgIpc) is 3.29. The molecule has 0 bridgehead atoms. The maximum atomic E-state index is 12.0. The third-order valence-electron chi connectivity index (χ3n) is 4.59. The summed E-state index contributed by atoms with van der Waals surface area (Å²) in [5.74, 6) is 0.959. The zero-order chi connectivity index (χ0) is 19.7. The molecule has 0 spiro atoms. The summed E-state index contributed by atoms with van der Waals surface area (Å²) in [6.45, 7) is 2.44. The van der Waals surface area contributed by atoms with Crippen LogP contribution in [0.15, 0.2) is 49.1 Å². The van der Waals surface area contributed by atoms with Crippen LogP contribution in [0.4, 0.5) is 11.8 Å². The Kier molecular flexibility index (Phi) is 4.97. The molecule has 1 amide bonds. The number of hydrogen-bond acceptors (Lipinski definition) is 6. The van der Waals surface area contributed by atoms with Crippen molar-refractivity contribution in [2.45, 2.75) is 25.4 Å². The first kappa shape index (κ1) is 18.4. The smallest absolute Gasteiger partial charge is 0.229 e. The molecule has 3 aromatic rings. The van der Waals surface area contributed by atoms with Gasteiger partial charge in [-0.3, -0.25) is 9.69 Å². The van der Waals surface area contributed by atoms with Gasteiger partial charge in [0, 0.05) is 42.1 Å². The van der Waals surface area contributed by atoms with E-state index in [0.717, 1.165) is 11.4 Å². The Morgan fingerprint density at radius 3 is 2.75 bits per heavy atom. The van der Waals surface area contributed by atoms with Crippen molar-refractivity contribution < 1.29 is 4.79 Å². The maximum Gasteiger partial charge on any atom is 0.229 e. The first-order valence-corrected chi connectivity index (χ1v) is 9.33. The van der Waals surface area contributed by atoms with E-state index in [0.29, 0.717) is 29.8 Å². The Hall–Kier alpha value is -2.97. The highest BCUT2D eigenvalue weighted by Crippen LogP contribution is 2.22. The molecule has 8 nitrogen and oxygen atoms in total. The van der Waals surface area contributed by atoms with E-state index in [1.165, 1.54) is 0 Å². The first-order valence-electron chi connectivity index (χ1n) is 8.95. The second-order valence-electron chi connectivity index (χ2n) is 6.76. The van der Waals surface area contributed by atoms with E-state index in [-0.39, 0.29) is 18.0 Å². The second-order valence-corrected chi connectivity index (χ2v) is 7.19. The van der Waals surface area contributed by atoms with Crippen LogP contribution in [0.5, 0.6) is 0 Å². The highest BCUT2D eigenvalue weighted by molar-refractivity contribution is 6.30. The fourth-order valence-corrected chi connectivity index (χ4v) is 3.24. The lowest BCUT2D eigenvalue weighted by Gasteiger charge is -2.17. The van der Waals surface area contributed by atoms with Gasteiger partial charge >= 0.3 is 0 Å². The van der Waals surface area contributed by atoms with E-state index in [4.69, 9.17) is 17.3 Å². The van der Waals surface area contributed by atoms with Crippen LogP contribution < -0.4 is 16.0 Å². The number of hydrogen-bond donors (Lipinski definition) is 2. The number of nitrogens with two attached hydrogens (primary N) is 1. The molecular formula is C19H20ClN7O. The molecule has 3 N–H and O–H groups in total. The van der Waals surface area contributed by atoms with Crippen molar-refractivity contribution in [3.8, 4) is 5.69 Å². The van der Waals surface area contributed by atoms with E-state index < -0.39 is 0 Å². The van der Waals surface area contributed by atoms with Crippen LogP contribution >= 0.6 is 11.6 Å². The number of imidazole rings is 1. The van der Waals surface area contributed by atoms with Crippen molar-refractivity contribution in [3.63, 3.8) is 0 Å². The van der Waals surface area contributed by atoms with Gasteiger partial charge in [0.25, 0.3) is 0 Å². The van der Waals surface area contributed by atoms with E-state index in [2.05, 4.69) is 20.3 Å². The van der Waals surface area contributed by atoms with E-state index in [1.54, 1.807) is 23.5 Å². The molecule has 1 aliphatic heterocycles. The van der Waals surface area contributed by atoms with Gasteiger partial charge in [-0.1, -0.05) is 11.6 Å². The van der Waals surface area contributed by atoms with Crippen LogP contribution in [0.3, 0.4) is 0 Å². The van der Waals surface area contributed by atoms with Crippen molar-refractivity contribution >= 4 is 29.3 Å². The molecule has 2 aromatic heterocycles. The van der Waals surface area contributed by atoms with Crippen LogP contribution in [-0.2, 0) is 4.79 Å². The first-order chi connectivity index (χ1) is 13.5. The lowest BCUT2D eigenvalue weighted by atomic mass is 10.2. The molecule has 1 aromatic carbocycles. The lowest BCUT2D eigenvalue weighted by molar-refractivity contribution is -0.117. The number of carbonyl (C=O) groups is 1. The maximum absolute atomic E-state index is 12.0. The predicted molar refractivity (Wildman–Crippen MR) is 108 cm³/mol. The summed E-state index contributed by atoms with van der Waals surface area (Å²) in [5.41, 5.74) is 7.67. The minimum Gasteiger partial charge on any atom is -0.346 e. The Morgan fingerprint density at radius 2 is 2.04 bits per heavy atom. The molecule has 28 heavy (non-hydrogen) atoms. The number of nitrogens with zero attached hydrogens (tertiary/aromatic N) is 5. The summed E-state index contributed by atoms with van der Waals surface area (Å²) in [5, 5.41) is 3.92. The van der Waals surface area contributed by atoms with Crippen molar-refractivity contribution in [1.82, 2.24) is 19.5 Å². The van der Waals surface area contributed by atoms with Crippen LogP contribution in [0.1, 0.15) is 25.1 Å². The monoisotopic (exact) mass is 397 g/mol. The Labute approximate surface area is 167 Å². The van der Waals surface area contributed by atoms with Gasteiger partial charge in [-0.2, -0.15) is 4.98 Å². The third kappa shape index (κ3) is 3.83. The van der Waals surface area contributed by atoms with Crippen molar-refractivity contribution in [3.05, 3.63) is 59.8 Å². The third-order valence-corrected chi connectivity index (χ3v) is 4.84. The standard InChI is InChI=1S/C19H20ClN7O/c1-12(16-10-26(11-23-16)15-4-2-13(20)3-5-15)24-19-22-7-6-17(25-19)27-9-14(21)8-18(27)28/h2-7,10-12,14H,8-9,21H2,1H3,(H,22,24,25)/t12-,14+/m0/s1. The zero-order valence-corrected chi connectivity index (χ0v) is 16.0. The fourth-order valence-electron chi connectivity index (χ4n) is 3.11. The van der Waals surface area contributed by atoms with Gasteiger partial charge in [0.15, 0.2) is 0 Å². The lowest BCUT2D eigenvalue weighted by Crippen LogP contribution is -2.29. The highest BCUT2D eigenvalue weighted by Gasteiger charge is 2.29. The average molecular weight is 398 g/mol. The summed E-state index contributed by atoms with van der Waals surface area (Å²) in [4.78, 5) is 26.8. The number of rotatable bonds is 5. The minimum atomic E-state index is -0.158. The minimum absolute atomic E-state index is 0.0214. The van der Waals surface area contributed by atoms with Gasteiger partial charge in [-0.05, 0) is 37.3 Å². The molecule has 0 aliphatic carbocycles. The van der Waals surface area contributed by atoms with Gasteiger partial charge in [-0.25, -0.2) is 9.97 Å². The van der Waals surface area contributed by atoms with Crippen molar-refractivity contribution in [2.75, 3.05) is 16.8 Å². The molecule has 0 unspecified atom stereocenters. The predicted octanol–water partition coefficient (Wildman–Crippen LogP) is 2.55. The van der Waals surface area contributed by atoms with Crippen LogP contribution in [0.2, 0.25) is 5.02 Å². The number of carbonyl (C=O) groups excluding carboxylic acids is 1. The van der Waals surface area contributed by atoms with Crippen molar-refractivity contribution in [1.29, 1.82) is 0 Å². The number of aromatic nitrogens is 4. The fraction of sp³-hybridized carbons (Fsp3) is 0.263. The van der Waals surface area contributed by atoms with Gasteiger partial charge in [0.2, 0.25) is 11.9 Å². The molecule has 0 saturated carbocycles. The summed E-state index contributed by atoms with van der Waals surface area (Å²) in [6.07, 6.45) is 5.65. The quantitative estimate of drug-likeness (QED) is 0.686. The number of anilines is 2. The second kappa shape index (κ2) is 7.57. The van der Waals surface area contributed by atoms with Gasteiger partial charge < -0.3 is 15.6 Å². The molecular weight excluding hydrogens is 378 g/mol. The zero-order valence-electron chi connectivity index (χ0n) is 15.3. The van der Waals surface area contributed by atoms with Crippen molar-refractivity contribution in [2.24, 2.45) is 5.73 Å². The molecule has 2 atom stereocenters. The molecule has 144 valence electrons. The summed E-state index contributed by atoms with van der Waals surface area (Å²) in [6, 6.07) is 8.95. The normalized spacial score (nSPS) is 17.8. The molecule has 0 radical (unpaired) electrons. The van der Waals surface area contributed by atoms with Gasteiger partial charge in [0.05, 0.1) is 18.1 Å². The van der Waals surface area contributed by atoms with E-state index >= 15 is 0 Å². The van der Waals surface area contributed by atoms with E-state index in [9.17, 15) is 4.79 Å². The largest absolute Gasteiger partial charge is 0.346 e. The van der Waals surface area contributed by atoms with Crippen LogP contribution in [0.25, 0.3) is 5.69 Å². The summed E-state index contributed by atoms with van der Waals surface area (Å²) in [7, 11) is 0. The Balaban J connectivity index is 1.48. The van der Waals surface area contributed by atoms with Crippen LogP contribution in [0, 0.1) is 0 Å². The molecule has 9 heteroatoms. The van der Waals surface area contributed by atoms with Crippen LogP contribution in [-0.4, -0.2) is 38.0 Å². The summed E-state index contributed by atoms with van der Waals surface area (Å²) >= 11 is 5.94. The van der Waals surface area contributed by atoms with Gasteiger partial charge in [0.1, 0.15) is 5.82 Å². The number of halogens is 1. The molecule has 1 saturated heterocycles. The summed E-state index contributed by atoms with van der Waals surface area (Å²) < 4.78 is 1.92. The SMILES string of the molecule is C[C@H](Nc1nccc(N2C[C@H](N)CC2=O)n1)c1cn(-c2ccc(Cl)cc2)cn1. The molecule has 1 aliphatic rings.